The molecule has 29 heavy (non-hydrogen) atoms. The van der Waals surface area contributed by atoms with Gasteiger partial charge in [-0.25, -0.2) is 0 Å². The topological polar surface area (TPSA) is 70.2 Å². The van der Waals surface area contributed by atoms with E-state index in [1.807, 2.05) is 30.3 Å². The number of anilines is 2. The molecule has 5 nitrogen and oxygen atoms in total. The van der Waals surface area contributed by atoms with E-state index < -0.39 is 5.91 Å². The van der Waals surface area contributed by atoms with E-state index in [0.717, 1.165) is 11.3 Å². The highest BCUT2D eigenvalue weighted by Crippen LogP contribution is 2.26. The molecule has 0 aliphatic rings. The molecule has 0 atom stereocenters. The molecule has 0 aliphatic carbocycles. The van der Waals surface area contributed by atoms with Gasteiger partial charge in [-0.05, 0) is 35.9 Å². The highest BCUT2D eigenvalue weighted by molar-refractivity contribution is 6.34. The van der Waals surface area contributed by atoms with Crippen LogP contribution in [0.3, 0.4) is 0 Å². The molecule has 3 aromatic carbocycles. The van der Waals surface area contributed by atoms with Crippen LogP contribution in [0.25, 0.3) is 0 Å². The maximum atomic E-state index is 12.1. The van der Waals surface area contributed by atoms with Crippen LogP contribution in [-0.2, 0) is 11.3 Å². The van der Waals surface area contributed by atoms with Gasteiger partial charge < -0.3 is 16.0 Å². The van der Waals surface area contributed by atoms with E-state index >= 15 is 0 Å². The summed E-state index contributed by atoms with van der Waals surface area (Å²) < 4.78 is 0. The zero-order valence-corrected chi connectivity index (χ0v) is 16.9. The first-order valence-electron chi connectivity index (χ1n) is 8.93. The Bertz CT molecular complexity index is 1010. The van der Waals surface area contributed by atoms with Gasteiger partial charge in [-0.15, -0.1) is 0 Å². The van der Waals surface area contributed by atoms with Crippen LogP contribution in [0.4, 0.5) is 11.4 Å². The van der Waals surface area contributed by atoms with Gasteiger partial charge in [-0.3, -0.25) is 9.59 Å². The summed E-state index contributed by atoms with van der Waals surface area (Å²) in [5.74, 6) is -0.782. The van der Waals surface area contributed by atoms with Crippen molar-refractivity contribution in [3.63, 3.8) is 0 Å². The van der Waals surface area contributed by atoms with Gasteiger partial charge >= 0.3 is 0 Å². The lowest BCUT2D eigenvalue weighted by molar-refractivity contribution is -0.115. The minimum Gasteiger partial charge on any atom is -0.380 e. The zero-order chi connectivity index (χ0) is 20.6. The predicted molar refractivity (Wildman–Crippen MR) is 118 cm³/mol. The third-order valence-corrected chi connectivity index (χ3v) is 4.75. The van der Waals surface area contributed by atoms with Crippen molar-refractivity contribution in [2.75, 3.05) is 17.2 Å². The van der Waals surface area contributed by atoms with Crippen LogP contribution >= 0.6 is 23.2 Å². The molecule has 2 amide bonds. The largest absolute Gasteiger partial charge is 0.380 e. The maximum Gasteiger partial charge on any atom is 0.253 e. The molecule has 0 fully saturated rings. The number of halogens is 2. The molecule has 0 aliphatic heterocycles. The van der Waals surface area contributed by atoms with E-state index in [2.05, 4.69) is 16.0 Å². The standard InChI is InChI=1S/C22H19Cl2N3O2/c23-18-9-5-4-8-17(18)22(29)26-14-21(28)27-16-10-11-20(19(24)12-16)25-13-15-6-2-1-3-7-15/h1-12,25H,13-14H2,(H,26,29)(H,27,28). The minimum absolute atomic E-state index is 0.185. The van der Waals surface area contributed by atoms with E-state index in [0.29, 0.717) is 27.8 Å². The highest BCUT2D eigenvalue weighted by Gasteiger charge is 2.11. The summed E-state index contributed by atoms with van der Waals surface area (Å²) in [4.78, 5) is 24.2. The summed E-state index contributed by atoms with van der Waals surface area (Å²) in [6.45, 7) is 0.454. The number of hydrogen-bond acceptors (Lipinski definition) is 3. The summed E-state index contributed by atoms with van der Waals surface area (Å²) in [7, 11) is 0. The summed E-state index contributed by atoms with van der Waals surface area (Å²) in [6, 6.07) is 21.8. The number of carbonyl (C=O) groups is 2. The van der Waals surface area contributed by atoms with Crippen molar-refractivity contribution < 1.29 is 9.59 Å². The number of benzene rings is 3. The van der Waals surface area contributed by atoms with Crippen LogP contribution in [0.15, 0.2) is 72.8 Å². The summed E-state index contributed by atoms with van der Waals surface area (Å²) in [5, 5.41) is 9.32. The predicted octanol–water partition coefficient (Wildman–Crippen LogP) is 4.97. The van der Waals surface area contributed by atoms with Gasteiger partial charge in [0.25, 0.3) is 5.91 Å². The fraction of sp³-hybridized carbons (Fsp3) is 0.0909. The van der Waals surface area contributed by atoms with E-state index in [-0.39, 0.29) is 12.5 Å². The normalized spacial score (nSPS) is 10.3. The molecule has 7 heteroatoms. The average Bonchev–Trinajstić information content (AvgIpc) is 2.72. The minimum atomic E-state index is -0.413. The Labute approximate surface area is 179 Å². The van der Waals surface area contributed by atoms with Crippen molar-refractivity contribution in [3.8, 4) is 0 Å². The number of carbonyl (C=O) groups excluding carboxylic acids is 2. The third kappa shape index (κ3) is 5.98. The molecular formula is C22H19Cl2N3O2. The van der Waals surface area contributed by atoms with Crippen LogP contribution < -0.4 is 16.0 Å². The van der Waals surface area contributed by atoms with Gasteiger partial charge in [-0.2, -0.15) is 0 Å². The fourth-order valence-corrected chi connectivity index (χ4v) is 3.10. The van der Waals surface area contributed by atoms with E-state index in [1.54, 1.807) is 42.5 Å². The van der Waals surface area contributed by atoms with Crippen LogP contribution in [0.5, 0.6) is 0 Å². The Morgan fingerprint density at radius 1 is 0.828 bits per heavy atom. The Morgan fingerprint density at radius 3 is 2.28 bits per heavy atom. The van der Waals surface area contributed by atoms with E-state index in [4.69, 9.17) is 23.2 Å². The van der Waals surface area contributed by atoms with Crippen molar-refractivity contribution in [2.24, 2.45) is 0 Å². The molecule has 0 bridgehead atoms. The lowest BCUT2D eigenvalue weighted by Gasteiger charge is -2.11. The van der Waals surface area contributed by atoms with Crippen molar-refractivity contribution >= 4 is 46.4 Å². The highest BCUT2D eigenvalue weighted by atomic mass is 35.5. The van der Waals surface area contributed by atoms with Crippen LogP contribution in [-0.4, -0.2) is 18.4 Å². The molecule has 0 saturated carbocycles. The first-order valence-corrected chi connectivity index (χ1v) is 9.68. The van der Waals surface area contributed by atoms with Crippen molar-refractivity contribution in [1.82, 2.24) is 5.32 Å². The van der Waals surface area contributed by atoms with Crippen molar-refractivity contribution in [1.29, 1.82) is 0 Å². The van der Waals surface area contributed by atoms with Gasteiger partial charge in [0, 0.05) is 12.2 Å². The number of amides is 2. The second-order valence-electron chi connectivity index (χ2n) is 6.24. The first-order chi connectivity index (χ1) is 14.0. The van der Waals surface area contributed by atoms with Gasteiger partial charge in [0.2, 0.25) is 5.91 Å². The summed E-state index contributed by atoms with van der Waals surface area (Å²) in [5.41, 5.74) is 2.76. The smallest absolute Gasteiger partial charge is 0.253 e. The van der Waals surface area contributed by atoms with Crippen molar-refractivity contribution in [2.45, 2.75) is 6.54 Å². The Balaban J connectivity index is 1.52. The maximum absolute atomic E-state index is 12.1. The van der Waals surface area contributed by atoms with Gasteiger partial charge in [-0.1, -0.05) is 65.7 Å². The summed E-state index contributed by atoms with van der Waals surface area (Å²) >= 11 is 12.3. The van der Waals surface area contributed by atoms with Crippen LogP contribution in [0.2, 0.25) is 10.0 Å². The quantitative estimate of drug-likeness (QED) is 0.498. The molecular weight excluding hydrogens is 409 g/mol. The van der Waals surface area contributed by atoms with E-state index in [1.165, 1.54) is 0 Å². The van der Waals surface area contributed by atoms with Gasteiger partial charge in [0.05, 0.1) is 27.8 Å². The fourth-order valence-electron chi connectivity index (χ4n) is 2.64. The average molecular weight is 428 g/mol. The van der Waals surface area contributed by atoms with Crippen LogP contribution in [0.1, 0.15) is 15.9 Å². The Hall–Kier alpha value is -3.02. The molecule has 0 spiro atoms. The second kappa shape index (κ2) is 9.96. The lowest BCUT2D eigenvalue weighted by Crippen LogP contribution is -2.33. The monoisotopic (exact) mass is 427 g/mol. The molecule has 0 radical (unpaired) electrons. The van der Waals surface area contributed by atoms with Gasteiger partial charge in [0.1, 0.15) is 0 Å². The number of rotatable bonds is 7. The molecule has 0 heterocycles. The number of hydrogen-bond donors (Lipinski definition) is 3. The molecule has 0 unspecified atom stereocenters. The van der Waals surface area contributed by atoms with Crippen LogP contribution in [0, 0.1) is 0 Å². The van der Waals surface area contributed by atoms with Gasteiger partial charge in [0.15, 0.2) is 0 Å². The molecule has 3 rings (SSSR count). The van der Waals surface area contributed by atoms with E-state index in [9.17, 15) is 9.59 Å². The number of nitrogens with one attached hydrogen (secondary N) is 3. The molecule has 0 aromatic heterocycles. The Morgan fingerprint density at radius 2 is 1.55 bits per heavy atom. The SMILES string of the molecule is O=C(CNC(=O)c1ccccc1Cl)Nc1ccc(NCc2ccccc2)c(Cl)c1. The second-order valence-corrected chi connectivity index (χ2v) is 7.06. The molecule has 148 valence electrons. The molecule has 0 saturated heterocycles. The first kappa shape index (κ1) is 20.7. The van der Waals surface area contributed by atoms with Crippen molar-refractivity contribution in [3.05, 3.63) is 94.0 Å². The lowest BCUT2D eigenvalue weighted by atomic mass is 10.2. The molecule has 3 N–H and O–H groups in total. The Kier molecular flexibility index (Phi) is 7.11. The molecule has 3 aromatic rings. The summed E-state index contributed by atoms with van der Waals surface area (Å²) in [6.07, 6.45) is 0. The zero-order valence-electron chi connectivity index (χ0n) is 15.4. The third-order valence-electron chi connectivity index (χ3n) is 4.11.